The molecule has 2 unspecified atom stereocenters. The van der Waals surface area contributed by atoms with Crippen LogP contribution in [0.2, 0.25) is 0 Å². The van der Waals surface area contributed by atoms with Gasteiger partial charge in [-0.15, -0.1) is 10.2 Å². The Balaban J connectivity index is 1.89. The molecule has 21 heavy (non-hydrogen) atoms. The van der Waals surface area contributed by atoms with Crippen LogP contribution in [0, 0.1) is 12.8 Å². The van der Waals surface area contributed by atoms with Crippen LogP contribution in [0.5, 0.6) is 0 Å². The van der Waals surface area contributed by atoms with E-state index in [0.29, 0.717) is 12.6 Å². The zero-order valence-electron chi connectivity index (χ0n) is 13.4. The van der Waals surface area contributed by atoms with Gasteiger partial charge in [0, 0.05) is 33.4 Å². The minimum absolute atomic E-state index is 0.526. The molecule has 1 aromatic heterocycles. The third-order valence-electron chi connectivity index (χ3n) is 3.81. The lowest BCUT2D eigenvalue weighted by molar-refractivity contribution is 0.195. The van der Waals surface area contributed by atoms with Crippen LogP contribution in [0.3, 0.4) is 0 Å². The summed E-state index contributed by atoms with van der Waals surface area (Å²) in [7, 11) is 3.68. The Morgan fingerprint density at radius 1 is 1.48 bits per heavy atom. The van der Waals surface area contributed by atoms with Gasteiger partial charge in [0.2, 0.25) is 0 Å². The molecule has 0 saturated heterocycles. The smallest absolute Gasteiger partial charge is 0.191 e. The van der Waals surface area contributed by atoms with Crippen LogP contribution >= 0.6 is 0 Å². The predicted molar refractivity (Wildman–Crippen MR) is 82.1 cm³/mol. The summed E-state index contributed by atoms with van der Waals surface area (Å²) in [6.45, 7) is 6.31. The van der Waals surface area contributed by atoms with Crippen LogP contribution < -0.4 is 10.6 Å². The number of ether oxygens (including phenoxy) is 1. The van der Waals surface area contributed by atoms with Gasteiger partial charge in [-0.05, 0) is 25.7 Å². The molecule has 2 atom stereocenters. The number of nitrogens with one attached hydrogen (secondary N) is 2. The predicted octanol–water partition coefficient (Wildman–Crippen LogP) is 0.604. The SMILES string of the molecule is COCCCNC(=NCc1nnc(C)n1C)NC1CC1C. The van der Waals surface area contributed by atoms with Gasteiger partial charge >= 0.3 is 0 Å². The van der Waals surface area contributed by atoms with E-state index in [1.165, 1.54) is 6.42 Å². The van der Waals surface area contributed by atoms with Crippen LogP contribution in [0.25, 0.3) is 0 Å². The highest BCUT2D eigenvalue weighted by atomic mass is 16.5. The molecule has 0 aliphatic heterocycles. The maximum atomic E-state index is 5.06. The Kier molecular flexibility index (Phi) is 5.55. The van der Waals surface area contributed by atoms with Crippen molar-refractivity contribution in [3.05, 3.63) is 11.6 Å². The fourth-order valence-corrected chi connectivity index (χ4v) is 2.01. The highest BCUT2D eigenvalue weighted by Gasteiger charge is 2.33. The first-order valence-corrected chi connectivity index (χ1v) is 7.50. The van der Waals surface area contributed by atoms with E-state index in [1.54, 1.807) is 7.11 Å². The van der Waals surface area contributed by atoms with Crippen molar-refractivity contribution in [3.63, 3.8) is 0 Å². The molecule has 2 N–H and O–H groups in total. The summed E-state index contributed by atoms with van der Waals surface area (Å²) in [5.74, 6) is 3.35. The molecule has 1 aliphatic rings. The van der Waals surface area contributed by atoms with Crippen molar-refractivity contribution in [3.8, 4) is 0 Å². The first-order valence-electron chi connectivity index (χ1n) is 7.50. The molecule has 0 amide bonds. The summed E-state index contributed by atoms with van der Waals surface area (Å²) in [4.78, 5) is 4.61. The average molecular weight is 294 g/mol. The number of aryl methyl sites for hydroxylation is 1. The van der Waals surface area contributed by atoms with E-state index >= 15 is 0 Å². The van der Waals surface area contributed by atoms with Gasteiger partial charge in [-0.25, -0.2) is 4.99 Å². The molecule has 1 fully saturated rings. The first kappa shape index (κ1) is 15.8. The zero-order chi connectivity index (χ0) is 15.2. The first-order chi connectivity index (χ1) is 10.1. The second kappa shape index (κ2) is 7.40. The number of hydrogen-bond donors (Lipinski definition) is 2. The van der Waals surface area contributed by atoms with Crippen molar-refractivity contribution in [2.45, 2.75) is 39.3 Å². The second-order valence-corrected chi connectivity index (χ2v) is 5.62. The van der Waals surface area contributed by atoms with Crippen molar-refractivity contribution < 1.29 is 4.74 Å². The minimum atomic E-state index is 0.526. The molecule has 0 spiro atoms. The topological polar surface area (TPSA) is 76.4 Å². The number of nitrogens with zero attached hydrogens (tertiary/aromatic N) is 4. The zero-order valence-corrected chi connectivity index (χ0v) is 13.4. The number of aliphatic imine (C=N–C) groups is 1. The Morgan fingerprint density at radius 2 is 2.24 bits per heavy atom. The van der Waals surface area contributed by atoms with E-state index in [4.69, 9.17) is 4.74 Å². The van der Waals surface area contributed by atoms with Crippen molar-refractivity contribution in [1.29, 1.82) is 0 Å². The molecular weight excluding hydrogens is 268 g/mol. The monoisotopic (exact) mass is 294 g/mol. The van der Waals surface area contributed by atoms with Crippen LogP contribution in [0.1, 0.15) is 31.4 Å². The van der Waals surface area contributed by atoms with Crippen LogP contribution in [-0.4, -0.2) is 47.0 Å². The van der Waals surface area contributed by atoms with E-state index in [2.05, 4.69) is 32.7 Å². The average Bonchev–Trinajstić information content (AvgIpc) is 3.07. The van der Waals surface area contributed by atoms with Crippen molar-refractivity contribution in [2.75, 3.05) is 20.3 Å². The molecule has 118 valence electrons. The number of guanidine groups is 1. The summed E-state index contributed by atoms with van der Waals surface area (Å²) >= 11 is 0. The fourth-order valence-electron chi connectivity index (χ4n) is 2.01. The van der Waals surface area contributed by atoms with Crippen LogP contribution in [-0.2, 0) is 18.3 Å². The molecule has 1 aliphatic carbocycles. The maximum Gasteiger partial charge on any atom is 0.191 e. The van der Waals surface area contributed by atoms with Gasteiger partial charge in [-0.1, -0.05) is 6.92 Å². The van der Waals surface area contributed by atoms with E-state index in [9.17, 15) is 0 Å². The summed E-state index contributed by atoms with van der Waals surface area (Å²) in [6, 6.07) is 0.542. The molecule has 7 heteroatoms. The lowest BCUT2D eigenvalue weighted by atomic mass is 10.4. The van der Waals surface area contributed by atoms with Crippen LogP contribution in [0.15, 0.2) is 4.99 Å². The lowest BCUT2D eigenvalue weighted by Crippen LogP contribution is -2.40. The standard InChI is InChI=1S/C14H26N6O/c1-10-8-12(10)17-14(15-6-5-7-21-4)16-9-13-19-18-11(2)20(13)3/h10,12H,5-9H2,1-4H3,(H2,15,16,17). The van der Waals surface area contributed by atoms with Gasteiger partial charge in [-0.3, -0.25) is 0 Å². The second-order valence-electron chi connectivity index (χ2n) is 5.62. The summed E-state index contributed by atoms with van der Waals surface area (Å²) < 4.78 is 7.02. The lowest BCUT2D eigenvalue weighted by Gasteiger charge is -2.12. The quantitative estimate of drug-likeness (QED) is 0.437. The Labute approximate surface area is 126 Å². The third-order valence-corrected chi connectivity index (χ3v) is 3.81. The van der Waals surface area contributed by atoms with Crippen LogP contribution in [0.4, 0.5) is 0 Å². The van der Waals surface area contributed by atoms with E-state index in [-0.39, 0.29) is 0 Å². The highest BCUT2D eigenvalue weighted by molar-refractivity contribution is 5.80. The molecule has 0 radical (unpaired) electrons. The number of aromatic nitrogens is 3. The highest BCUT2D eigenvalue weighted by Crippen LogP contribution is 2.28. The molecule has 1 saturated carbocycles. The number of hydrogen-bond acceptors (Lipinski definition) is 4. The largest absolute Gasteiger partial charge is 0.385 e. The normalized spacial score (nSPS) is 21.4. The summed E-state index contributed by atoms with van der Waals surface area (Å²) in [5.41, 5.74) is 0. The molecular formula is C14H26N6O. The molecule has 1 aromatic rings. The van der Waals surface area contributed by atoms with E-state index in [1.807, 2.05) is 18.5 Å². The number of rotatable bonds is 7. The Bertz CT molecular complexity index is 484. The summed E-state index contributed by atoms with van der Waals surface area (Å²) in [6.07, 6.45) is 2.17. The Hall–Kier alpha value is -1.63. The van der Waals surface area contributed by atoms with Gasteiger partial charge < -0.3 is 19.9 Å². The maximum absolute atomic E-state index is 5.06. The summed E-state index contributed by atoms with van der Waals surface area (Å²) in [5, 5.41) is 15.0. The van der Waals surface area contributed by atoms with E-state index < -0.39 is 0 Å². The number of methoxy groups -OCH3 is 1. The van der Waals surface area contributed by atoms with Gasteiger partial charge in [-0.2, -0.15) is 0 Å². The molecule has 0 bridgehead atoms. The van der Waals surface area contributed by atoms with Crippen molar-refractivity contribution >= 4 is 5.96 Å². The Morgan fingerprint density at radius 3 is 2.81 bits per heavy atom. The molecule has 7 nitrogen and oxygen atoms in total. The minimum Gasteiger partial charge on any atom is -0.385 e. The van der Waals surface area contributed by atoms with Crippen molar-refractivity contribution in [1.82, 2.24) is 25.4 Å². The van der Waals surface area contributed by atoms with Gasteiger partial charge in [0.05, 0.1) is 0 Å². The molecule has 1 heterocycles. The van der Waals surface area contributed by atoms with E-state index in [0.717, 1.165) is 43.1 Å². The molecule has 2 rings (SSSR count). The van der Waals surface area contributed by atoms with Gasteiger partial charge in [0.1, 0.15) is 12.4 Å². The van der Waals surface area contributed by atoms with Crippen molar-refractivity contribution in [2.24, 2.45) is 18.0 Å². The third kappa shape index (κ3) is 4.70. The van der Waals surface area contributed by atoms with Gasteiger partial charge in [0.25, 0.3) is 0 Å². The van der Waals surface area contributed by atoms with Gasteiger partial charge in [0.15, 0.2) is 11.8 Å². The fraction of sp³-hybridized carbons (Fsp3) is 0.786. The molecule has 0 aromatic carbocycles.